The average Bonchev–Trinajstić information content (AvgIpc) is 2.99. The van der Waals surface area contributed by atoms with Gasteiger partial charge in [-0.25, -0.2) is 0 Å². The van der Waals surface area contributed by atoms with E-state index in [1.165, 1.54) is 0 Å². The summed E-state index contributed by atoms with van der Waals surface area (Å²) in [4.78, 5) is 24.8. The summed E-state index contributed by atoms with van der Waals surface area (Å²) in [6.45, 7) is 2.54. The van der Waals surface area contributed by atoms with Crippen LogP contribution in [-0.4, -0.2) is 53.3 Å². The van der Waals surface area contributed by atoms with Crippen LogP contribution in [0.15, 0.2) is 24.3 Å². The topological polar surface area (TPSA) is 92.9 Å². The van der Waals surface area contributed by atoms with E-state index in [0.29, 0.717) is 19.6 Å². The van der Waals surface area contributed by atoms with Gasteiger partial charge in [-0.15, -0.1) is 0 Å². The van der Waals surface area contributed by atoms with Crippen molar-refractivity contribution in [3.63, 3.8) is 0 Å². The highest BCUT2D eigenvalue weighted by atomic mass is 18.2. The average molecular weight is 365 g/mol. The third-order valence-electron chi connectivity index (χ3n) is 4.73. The van der Waals surface area contributed by atoms with Gasteiger partial charge in [0.25, 0.3) is 0 Å². The molecule has 0 radical (unpaired) electrons. The van der Waals surface area contributed by atoms with Crippen LogP contribution in [0.4, 0.5) is 4.39 Å². The monoisotopic (exact) mass is 365 g/mol. The number of carboxylic acids is 1. The normalized spacial score (nSPS) is 21.0. The highest BCUT2D eigenvalue weighted by Crippen LogP contribution is 2.22. The molecular weight excluding hydrogens is 338 g/mol. The molecule has 0 unspecified atom stereocenters. The van der Waals surface area contributed by atoms with E-state index < -0.39 is 12.0 Å². The minimum Gasteiger partial charge on any atom is -0.480 e. The second-order valence-electron chi connectivity index (χ2n) is 6.80. The molecule has 1 heterocycles. The molecule has 1 amide bonds. The van der Waals surface area contributed by atoms with Gasteiger partial charge in [0.15, 0.2) is 0 Å². The molecule has 0 bridgehead atoms. The third-order valence-corrected chi connectivity index (χ3v) is 4.73. The van der Waals surface area contributed by atoms with E-state index in [4.69, 9.17) is 15.6 Å². The lowest BCUT2D eigenvalue weighted by atomic mass is 10.1. The predicted octanol–water partition coefficient (Wildman–Crippen LogP) is 1.90. The van der Waals surface area contributed by atoms with Gasteiger partial charge in [0.2, 0.25) is 5.91 Å². The zero-order valence-electron chi connectivity index (χ0n) is 15.1. The second kappa shape index (κ2) is 9.64. The quantitative estimate of drug-likeness (QED) is 0.697. The predicted molar refractivity (Wildman–Crippen MR) is 95.3 cm³/mol. The molecular formula is C19H27FN2O4. The lowest BCUT2D eigenvalue weighted by Crippen LogP contribution is -2.37. The number of carbonyl (C=O) groups excluding carboxylic acids is 1. The molecule has 1 saturated heterocycles. The summed E-state index contributed by atoms with van der Waals surface area (Å²) in [5.74, 6) is -1.18. The van der Waals surface area contributed by atoms with Gasteiger partial charge in [0.1, 0.15) is 6.04 Å². The summed E-state index contributed by atoms with van der Waals surface area (Å²) in [6.07, 6.45) is 1.38. The molecule has 1 fully saturated rings. The summed E-state index contributed by atoms with van der Waals surface area (Å²) in [6, 6.07) is 6.71. The molecule has 1 aliphatic heterocycles. The molecule has 0 saturated carbocycles. The van der Waals surface area contributed by atoms with E-state index in [-0.39, 0.29) is 37.6 Å². The highest BCUT2D eigenvalue weighted by Gasteiger charge is 2.33. The first-order chi connectivity index (χ1) is 12.4. The number of nitrogens with zero attached hydrogens (tertiary/aromatic N) is 1. The Kier molecular flexibility index (Phi) is 7.53. The van der Waals surface area contributed by atoms with E-state index in [1.807, 2.05) is 31.2 Å². The number of likely N-dealkylation sites (tertiary alicyclic amines) is 1. The number of alkyl halides is 1. The summed E-state index contributed by atoms with van der Waals surface area (Å²) < 4.78 is 18.2. The number of aliphatic carboxylic acids is 1. The number of halogens is 1. The molecule has 1 aliphatic rings. The number of hydrogen-bond donors (Lipinski definition) is 2. The Morgan fingerprint density at radius 1 is 1.35 bits per heavy atom. The zero-order valence-corrected chi connectivity index (χ0v) is 15.1. The van der Waals surface area contributed by atoms with Gasteiger partial charge in [-0.05, 0) is 30.9 Å². The van der Waals surface area contributed by atoms with Crippen molar-refractivity contribution in [2.75, 3.05) is 13.2 Å². The SMILES string of the molecule is C[C@@H]1C[C@@H](OCc2ccc(CC[18F])cc2)CN1C(=O)CC[C@H](N)C(=O)O. The van der Waals surface area contributed by atoms with Crippen molar-refractivity contribution in [2.24, 2.45) is 5.73 Å². The maximum absolute atomic E-state index is 12.3. The Balaban J connectivity index is 1.78. The number of hydrogen-bond acceptors (Lipinski definition) is 4. The minimum atomic E-state index is -1.09. The number of amides is 1. The first-order valence-electron chi connectivity index (χ1n) is 8.94. The fourth-order valence-corrected chi connectivity index (χ4v) is 3.12. The van der Waals surface area contributed by atoms with Gasteiger partial charge < -0.3 is 20.5 Å². The van der Waals surface area contributed by atoms with Crippen molar-refractivity contribution < 1.29 is 23.8 Å². The highest BCUT2D eigenvalue weighted by molar-refractivity contribution is 5.79. The molecule has 3 N–H and O–H groups in total. The molecule has 1 aromatic carbocycles. The minimum absolute atomic E-state index is 0.0485. The van der Waals surface area contributed by atoms with Crippen LogP contribution in [0.2, 0.25) is 0 Å². The van der Waals surface area contributed by atoms with Crippen LogP contribution in [0.5, 0.6) is 0 Å². The fraction of sp³-hybridized carbons (Fsp3) is 0.579. The standard InChI is InChI=1S/C19H27FN2O4/c1-13-10-16(11-22(13)18(23)7-6-17(21)19(24)25)26-12-15-4-2-14(3-5-15)8-9-20/h2-5,13,16-17H,6-12,21H2,1H3,(H,24,25)/t13-,16-,17+/m1/s1/i20-1. The Morgan fingerprint density at radius 2 is 2.00 bits per heavy atom. The van der Waals surface area contributed by atoms with Crippen LogP contribution in [0.25, 0.3) is 0 Å². The zero-order chi connectivity index (χ0) is 19.1. The summed E-state index contributed by atoms with van der Waals surface area (Å²) in [5, 5.41) is 8.79. The van der Waals surface area contributed by atoms with Crippen LogP contribution in [0.1, 0.15) is 37.3 Å². The first-order valence-corrected chi connectivity index (χ1v) is 8.94. The van der Waals surface area contributed by atoms with E-state index >= 15 is 0 Å². The molecule has 7 heteroatoms. The van der Waals surface area contributed by atoms with Gasteiger partial charge in [-0.1, -0.05) is 24.3 Å². The molecule has 3 atom stereocenters. The van der Waals surface area contributed by atoms with Crippen LogP contribution >= 0.6 is 0 Å². The lowest BCUT2D eigenvalue weighted by molar-refractivity contribution is -0.139. The summed E-state index contributed by atoms with van der Waals surface area (Å²) in [5.41, 5.74) is 7.42. The van der Waals surface area contributed by atoms with E-state index in [9.17, 15) is 14.0 Å². The van der Waals surface area contributed by atoms with Gasteiger partial charge in [-0.3, -0.25) is 14.0 Å². The van der Waals surface area contributed by atoms with E-state index in [0.717, 1.165) is 17.5 Å². The van der Waals surface area contributed by atoms with Gasteiger partial charge in [0, 0.05) is 25.4 Å². The van der Waals surface area contributed by atoms with Crippen LogP contribution in [0, 0.1) is 0 Å². The van der Waals surface area contributed by atoms with Crippen molar-refractivity contribution in [3.05, 3.63) is 35.4 Å². The van der Waals surface area contributed by atoms with Crippen LogP contribution in [0.3, 0.4) is 0 Å². The number of nitrogens with two attached hydrogens (primary N) is 1. The molecule has 26 heavy (non-hydrogen) atoms. The fourth-order valence-electron chi connectivity index (χ4n) is 3.12. The van der Waals surface area contributed by atoms with Gasteiger partial charge in [0.05, 0.1) is 19.4 Å². The smallest absolute Gasteiger partial charge is 0.320 e. The van der Waals surface area contributed by atoms with Crippen molar-refractivity contribution in [1.82, 2.24) is 4.90 Å². The molecule has 144 valence electrons. The number of carboxylic acid groups (broad SMARTS) is 1. The Bertz CT molecular complexity index is 608. The molecule has 0 spiro atoms. The van der Waals surface area contributed by atoms with E-state index in [2.05, 4.69) is 0 Å². The summed E-state index contributed by atoms with van der Waals surface area (Å²) in [7, 11) is 0. The Morgan fingerprint density at radius 3 is 2.62 bits per heavy atom. The van der Waals surface area contributed by atoms with Crippen molar-refractivity contribution in [3.8, 4) is 0 Å². The molecule has 1 aromatic rings. The number of benzene rings is 1. The number of ether oxygens (including phenoxy) is 1. The Labute approximate surface area is 153 Å². The Hall–Kier alpha value is -1.99. The second-order valence-corrected chi connectivity index (χ2v) is 6.80. The van der Waals surface area contributed by atoms with Crippen molar-refractivity contribution in [1.29, 1.82) is 0 Å². The largest absolute Gasteiger partial charge is 0.480 e. The van der Waals surface area contributed by atoms with Gasteiger partial charge in [-0.2, -0.15) is 0 Å². The number of aryl methyl sites for hydroxylation is 1. The molecule has 6 nitrogen and oxygen atoms in total. The molecule has 2 rings (SSSR count). The van der Waals surface area contributed by atoms with Crippen LogP contribution in [-0.2, 0) is 27.4 Å². The maximum Gasteiger partial charge on any atom is 0.320 e. The first kappa shape index (κ1) is 20.3. The van der Waals surface area contributed by atoms with Crippen LogP contribution < -0.4 is 5.73 Å². The maximum atomic E-state index is 12.3. The lowest BCUT2D eigenvalue weighted by Gasteiger charge is -2.21. The summed E-state index contributed by atoms with van der Waals surface area (Å²) >= 11 is 0. The van der Waals surface area contributed by atoms with Crippen molar-refractivity contribution >= 4 is 11.9 Å². The van der Waals surface area contributed by atoms with Crippen molar-refractivity contribution in [2.45, 2.75) is 57.4 Å². The van der Waals surface area contributed by atoms with E-state index in [1.54, 1.807) is 4.90 Å². The van der Waals surface area contributed by atoms with Gasteiger partial charge >= 0.3 is 5.97 Å². The number of carbonyl (C=O) groups is 2. The third kappa shape index (κ3) is 5.78. The number of rotatable bonds is 9. The molecule has 0 aliphatic carbocycles. The molecule has 0 aromatic heterocycles.